The molecule has 0 spiro atoms. The summed E-state index contributed by atoms with van der Waals surface area (Å²) in [6.07, 6.45) is 19.2. The van der Waals surface area contributed by atoms with Crippen LogP contribution in [0.4, 0.5) is 5.69 Å². The quantitative estimate of drug-likeness (QED) is 0.0489. The number of nitrogens with zero attached hydrogens (tertiary/aromatic N) is 2. The first kappa shape index (κ1) is 35.9. The summed E-state index contributed by atoms with van der Waals surface area (Å²) in [5.41, 5.74) is 5.30. The number of anilines is 1. The molecule has 2 aromatic rings. The smallest absolute Gasteiger partial charge is 0.110 e. The number of rotatable bonds is 21. The van der Waals surface area contributed by atoms with E-state index in [-0.39, 0.29) is 12.0 Å². The number of benzene rings is 2. The molecular formula is C39H54N4O2. The molecule has 1 aliphatic carbocycles. The van der Waals surface area contributed by atoms with Gasteiger partial charge in [0.05, 0.1) is 31.7 Å². The van der Waals surface area contributed by atoms with E-state index in [1.165, 1.54) is 68.7 Å². The Morgan fingerprint density at radius 1 is 0.978 bits per heavy atom. The van der Waals surface area contributed by atoms with E-state index in [9.17, 15) is 0 Å². The number of hydrogen-bond donors (Lipinski definition) is 2. The zero-order valence-corrected chi connectivity index (χ0v) is 27.7. The Balaban J connectivity index is 1.43. The fourth-order valence-corrected chi connectivity index (χ4v) is 5.66. The van der Waals surface area contributed by atoms with Crippen molar-refractivity contribution in [1.29, 1.82) is 5.41 Å². The average Bonchev–Trinajstić information content (AvgIpc) is 3.46. The standard InChI is InChI=1S/C39H54N4O2/c1-4-6-7-8-9-10-11-12-15-23-44-25-26-45-24-16-18-32-21-22-33-28-37(29-36(33)27-32)42-39(35(17-5-2)31-41-3)43-38-20-14-13-19-34(38)30-40/h5,13-14,17,19-22,27,30,35,37,40H,3-4,6-12,15,23-26,28-29,31H2,1-2H3,(H,42,43)/b17-5-,40-30?. The van der Waals surface area contributed by atoms with Gasteiger partial charge >= 0.3 is 0 Å². The number of nitrogens with one attached hydrogen (secondary N) is 2. The summed E-state index contributed by atoms with van der Waals surface area (Å²) in [6.45, 7) is 11.0. The minimum absolute atomic E-state index is 0.0169. The van der Waals surface area contributed by atoms with E-state index in [2.05, 4.69) is 60.1 Å². The molecule has 0 amide bonds. The van der Waals surface area contributed by atoms with Crippen molar-refractivity contribution in [1.82, 2.24) is 0 Å². The predicted octanol–water partition coefficient (Wildman–Crippen LogP) is 8.47. The van der Waals surface area contributed by atoms with Crippen LogP contribution in [0.1, 0.15) is 93.9 Å². The number of unbranched alkanes of at least 4 members (excludes halogenated alkanes) is 8. The maximum atomic E-state index is 7.81. The van der Waals surface area contributed by atoms with Gasteiger partial charge in [0, 0.05) is 29.6 Å². The Kier molecular flexibility index (Phi) is 17.6. The van der Waals surface area contributed by atoms with Gasteiger partial charge in [-0.3, -0.25) is 9.98 Å². The van der Waals surface area contributed by atoms with Crippen LogP contribution >= 0.6 is 0 Å². The highest BCUT2D eigenvalue weighted by atomic mass is 16.5. The fourth-order valence-electron chi connectivity index (χ4n) is 5.66. The molecular weight excluding hydrogens is 556 g/mol. The molecule has 2 N–H and O–H groups in total. The lowest BCUT2D eigenvalue weighted by molar-refractivity contribution is 0.0583. The van der Waals surface area contributed by atoms with Gasteiger partial charge < -0.3 is 20.2 Å². The Hall–Kier alpha value is -3.53. The van der Waals surface area contributed by atoms with Crippen LogP contribution in [-0.4, -0.2) is 57.8 Å². The Morgan fingerprint density at radius 2 is 1.71 bits per heavy atom. The summed E-state index contributed by atoms with van der Waals surface area (Å²) < 4.78 is 11.4. The molecule has 242 valence electrons. The molecule has 2 atom stereocenters. The molecule has 0 bridgehead atoms. The highest BCUT2D eigenvalue weighted by molar-refractivity contribution is 6.02. The van der Waals surface area contributed by atoms with Gasteiger partial charge in [0.15, 0.2) is 0 Å². The summed E-state index contributed by atoms with van der Waals surface area (Å²) in [7, 11) is 0. The molecule has 0 fully saturated rings. The predicted molar refractivity (Wildman–Crippen MR) is 191 cm³/mol. The van der Waals surface area contributed by atoms with E-state index in [1.807, 2.05) is 37.3 Å². The molecule has 0 saturated heterocycles. The van der Waals surface area contributed by atoms with E-state index in [0.717, 1.165) is 48.5 Å². The molecule has 45 heavy (non-hydrogen) atoms. The van der Waals surface area contributed by atoms with Crippen LogP contribution in [0.2, 0.25) is 0 Å². The number of allylic oxidation sites excluding steroid dienone is 1. The van der Waals surface area contributed by atoms with Crippen LogP contribution in [0.25, 0.3) is 0 Å². The third-order valence-electron chi connectivity index (χ3n) is 8.09. The second-order valence-electron chi connectivity index (χ2n) is 11.8. The zero-order valence-electron chi connectivity index (χ0n) is 27.7. The minimum atomic E-state index is -0.0169. The monoisotopic (exact) mass is 610 g/mol. The van der Waals surface area contributed by atoms with Crippen molar-refractivity contribution in [2.24, 2.45) is 15.9 Å². The van der Waals surface area contributed by atoms with E-state index in [0.29, 0.717) is 26.4 Å². The van der Waals surface area contributed by atoms with E-state index < -0.39 is 0 Å². The van der Waals surface area contributed by atoms with E-state index in [4.69, 9.17) is 19.9 Å². The van der Waals surface area contributed by atoms with Gasteiger partial charge in [-0.25, -0.2) is 0 Å². The lowest BCUT2D eigenvalue weighted by atomic mass is 10.1. The number of ether oxygens (including phenoxy) is 2. The van der Waals surface area contributed by atoms with Crippen molar-refractivity contribution in [3.8, 4) is 11.8 Å². The van der Waals surface area contributed by atoms with Crippen LogP contribution in [0.3, 0.4) is 0 Å². The van der Waals surface area contributed by atoms with Crippen molar-refractivity contribution >= 4 is 24.5 Å². The summed E-state index contributed by atoms with van der Waals surface area (Å²) in [5, 5.41) is 11.3. The summed E-state index contributed by atoms with van der Waals surface area (Å²) >= 11 is 0. The topological polar surface area (TPSA) is 79.1 Å². The first-order valence-corrected chi connectivity index (χ1v) is 16.9. The van der Waals surface area contributed by atoms with E-state index >= 15 is 0 Å². The molecule has 0 saturated carbocycles. The molecule has 0 heterocycles. The van der Waals surface area contributed by atoms with Gasteiger partial charge in [-0.2, -0.15) is 0 Å². The molecule has 6 nitrogen and oxygen atoms in total. The van der Waals surface area contributed by atoms with Crippen molar-refractivity contribution < 1.29 is 9.47 Å². The molecule has 6 heteroatoms. The second kappa shape index (κ2) is 22.1. The Labute approximate surface area is 272 Å². The maximum absolute atomic E-state index is 7.81. The van der Waals surface area contributed by atoms with Gasteiger partial charge in [-0.1, -0.05) is 107 Å². The summed E-state index contributed by atoms with van der Waals surface area (Å²) in [6, 6.07) is 14.4. The van der Waals surface area contributed by atoms with Crippen LogP contribution in [0.5, 0.6) is 0 Å². The normalized spacial score (nSPS) is 15.0. The van der Waals surface area contributed by atoms with Crippen LogP contribution in [-0.2, 0) is 22.3 Å². The number of para-hydroxylation sites is 1. The van der Waals surface area contributed by atoms with Crippen molar-refractivity contribution in [3.63, 3.8) is 0 Å². The zero-order chi connectivity index (χ0) is 32.0. The summed E-state index contributed by atoms with van der Waals surface area (Å²) in [5.74, 6) is 7.25. The van der Waals surface area contributed by atoms with Crippen molar-refractivity contribution in [2.75, 3.05) is 38.3 Å². The fraction of sp³-hybridized carbons (Fsp3) is 0.513. The number of aliphatic imine (C=N–C) groups is 2. The lowest BCUT2D eigenvalue weighted by Crippen LogP contribution is -2.27. The van der Waals surface area contributed by atoms with E-state index in [1.54, 1.807) is 0 Å². The Bertz CT molecular complexity index is 1290. The van der Waals surface area contributed by atoms with Gasteiger partial charge in [0.2, 0.25) is 0 Å². The first-order valence-electron chi connectivity index (χ1n) is 16.9. The van der Waals surface area contributed by atoms with Crippen LogP contribution < -0.4 is 5.32 Å². The molecule has 1 aliphatic rings. The lowest BCUT2D eigenvalue weighted by Gasteiger charge is -2.19. The molecule has 0 aromatic heterocycles. The largest absolute Gasteiger partial charge is 0.379 e. The first-order chi connectivity index (χ1) is 22.2. The Morgan fingerprint density at radius 3 is 2.47 bits per heavy atom. The van der Waals surface area contributed by atoms with Gasteiger partial charge in [-0.05, 0) is 62.2 Å². The number of amidine groups is 1. The average molecular weight is 611 g/mol. The molecule has 0 radical (unpaired) electrons. The minimum Gasteiger partial charge on any atom is -0.379 e. The molecule has 0 aliphatic heterocycles. The molecule has 2 aromatic carbocycles. The second-order valence-corrected chi connectivity index (χ2v) is 11.8. The molecule has 3 rings (SSSR count). The maximum Gasteiger partial charge on any atom is 0.110 e. The van der Waals surface area contributed by atoms with Crippen molar-refractivity contribution in [2.45, 2.75) is 90.5 Å². The third-order valence-corrected chi connectivity index (χ3v) is 8.09. The van der Waals surface area contributed by atoms with Gasteiger partial charge in [-0.15, -0.1) is 0 Å². The SMILES string of the molecule is C=NCC(/C=C\C)C(=NC1Cc2ccc(C#CCOCCOCCCCCCCCCCC)cc2C1)Nc1ccccc1C=N. The van der Waals surface area contributed by atoms with Gasteiger partial charge in [0.25, 0.3) is 0 Å². The van der Waals surface area contributed by atoms with Crippen LogP contribution in [0.15, 0.2) is 64.6 Å². The van der Waals surface area contributed by atoms with Gasteiger partial charge in [0.1, 0.15) is 12.4 Å². The highest BCUT2D eigenvalue weighted by Gasteiger charge is 2.23. The van der Waals surface area contributed by atoms with Crippen molar-refractivity contribution in [3.05, 3.63) is 76.9 Å². The number of fused-ring (bicyclic) bond motifs is 1. The third kappa shape index (κ3) is 13.6. The summed E-state index contributed by atoms with van der Waals surface area (Å²) in [4.78, 5) is 9.37. The highest BCUT2D eigenvalue weighted by Crippen LogP contribution is 2.26. The molecule has 2 unspecified atom stereocenters. The number of hydrogen-bond acceptors (Lipinski definition) is 5. The van der Waals surface area contributed by atoms with Crippen LogP contribution in [0, 0.1) is 23.2 Å².